The first-order valence-corrected chi connectivity index (χ1v) is 5.03. The predicted molar refractivity (Wildman–Crippen MR) is 60.0 cm³/mol. The molecule has 0 fully saturated rings. The van der Waals surface area contributed by atoms with E-state index in [1.807, 2.05) is 0 Å². The van der Waals surface area contributed by atoms with Crippen molar-refractivity contribution in [3.63, 3.8) is 0 Å². The number of halogens is 4. The van der Waals surface area contributed by atoms with Crippen LogP contribution in [0.25, 0.3) is 0 Å². The largest absolute Gasteiger partial charge is 0.469 e. The Morgan fingerprint density at radius 1 is 0.588 bits per heavy atom. The molecule has 0 amide bonds. The molecule has 0 aliphatic heterocycles. The summed E-state index contributed by atoms with van der Waals surface area (Å²) >= 11 is 0. The summed E-state index contributed by atoms with van der Waals surface area (Å²) in [5, 5.41) is 0. The van der Waals surface area contributed by atoms with E-state index in [1.165, 1.54) is 0 Å². The Labute approximate surface area is 95.9 Å². The minimum absolute atomic E-state index is 0.266. The van der Waals surface area contributed by atoms with Gasteiger partial charge in [0.25, 0.3) is 0 Å². The maximum atomic E-state index is 14.0. The van der Waals surface area contributed by atoms with Crippen LogP contribution in [-0.2, 0) is 0 Å². The zero-order chi connectivity index (χ0) is 12.5. The van der Waals surface area contributed by atoms with E-state index in [2.05, 4.69) is 0 Å². The lowest BCUT2D eigenvalue weighted by Gasteiger charge is -2.25. The first kappa shape index (κ1) is 11.7. The summed E-state index contributed by atoms with van der Waals surface area (Å²) in [4.78, 5) is 0. The molecule has 88 valence electrons. The van der Waals surface area contributed by atoms with Crippen molar-refractivity contribution in [3.05, 3.63) is 60.2 Å². The topological polar surface area (TPSA) is 0 Å². The second kappa shape index (κ2) is 4.24. The molecular formula is C12H8BF4-. The van der Waals surface area contributed by atoms with Crippen molar-refractivity contribution in [2.24, 2.45) is 0 Å². The lowest BCUT2D eigenvalue weighted by Crippen LogP contribution is -2.50. The summed E-state index contributed by atoms with van der Waals surface area (Å²) < 4.78 is 53.2. The number of hydrogen-bond acceptors (Lipinski definition) is 0. The van der Waals surface area contributed by atoms with Gasteiger partial charge in [-0.1, -0.05) is 24.3 Å². The molecule has 0 N–H and O–H groups in total. The Kier molecular flexibility index (Phi) is 2.92. The van der Waals surface area contributed by atoms with Crippen LogP contribution < -0.4 is 10.9 Å². The van der Waals surface area contributed by atoms with Crippen molar-refractivity contribution in [2.45, 2.75) is 0 Å². The van der Waals surface area contributed by atoms with E-state index >= 15 is 0 Å². The van der Waals surface area contributed by atoms with Gasteiger partial charge < -0.3 is 8.63 Å². The van der Waals surface area contributed by atoms with Crippen LogP contribution in [0.15, 0.2) is 48.5 Å². The maximum Gasteiger partial charge on any atom is 0.361 e. The second-order valence-electron chi connectivity index (χ2n) is 3.77. The lowest BCUT2D eigenvalue weighted by molar-refractivity contribution is 0.626. The molecule has 0 aliphatic rings. The standard InChI is InChI=1S/C12H8BF4/c14-11-5-1-9(2-6-11)13(16,17)10-3-7-12(15)8-4-10/h1-8H/q-1. The van der Waals surface area contributed by atoms with Crippen molar-refractivity contribution in [3.8, 4) is 0 Å². The number of rotatable bonds is 2. The SMILES string of the molecule is Fc1ccc([B-](F)(F)c2ccc(F)cc2)cc1. The molecule has 0 atom stereocenters. The Bertz CT molecular complexity index is 458. The Morgan fingerprint density at radius 3 is 1.18 bits per heavy atom. The van der Waals surface area contributed by atoms with Crippen LogP contribution in [0.1, 0.15) is 0 Å². The third-order valence-corrected chi connectivity index (χ3v) is 2.58. The molecule has 5 heteroatoms. The van der Waals surface area contributed by atoms with Gasteiger partial charge in [-0.05, 0) is 24.3 Å². The molecule has 0 bridgehead atoms. The van der Waals surface area contributed by atoms with Gasteiger partial charge in [0.15, 0.2) is 0 Å². The van der Waals surface area contributed by atoms with Gasteiger partial charge in [0.2, 0.25) is 0 Å². The van der Waals surface area contributed by atoms with Crippen LogP contribution in [0.3, 0.4) is 0 Å². The molecule has 0 radical (unpaired) electrons. The summed E-state index contributed by atoms with van der Waals surface area (Å²) in [5.41, 5.74) is -0.531. The highest BCUT2D eigenvalue weighted by Gasteiger charge is 2.27. The minimum Gasteiger partial charge on any atom is -0.469 e. The van der Waals surface area contributed by atoms with E-state index in [9.17, 15) is 17.4 Å². The monoisotopic (exact) mass is 239 g/mol. The van der Waals surface area contributed by atoms with Gasteiger partial charge >= 0.3 is 6.70 Å². The summed E-state index contributed by atoms with van der Waals surface area (Å²) in [6.07, 6.45) is 0. The molecule has 0 aromatic heterocycles. The molecule has 2 aromatic carbocycles. The number of benzene rings is 2. The Morgan fingerprint density at radius 2 is 0.882 bits per heavy atom. The summed E-state index contributed by atoms with van der Waals surface area (Å²) in [7, 11) is 0. The molecular weight excluding hydrogens is 231 g/mol. The third kappa shape index (κ3) is 2.33. The van der Waals surface area contributed by atoms with E-state index in [0.29, 0.717) is 0 Å². The lowest BCUT2D eigenvalue weighted by atomic mass is 9.53. The summed E-state index contributed by atoms with van der Waals surface area (Å²) in [6, 6.07) is 8.08. The Balaban J connectivity index is 2.41. The van der Waals surface area contributed by atoms with Crippen molar-refractivity contribution >= 4 is 17.6 Å². The van der Waals surface area contributed by atoms with Crippen molar-refractivity contribution in [2.75, 3.05) is 0 Å². The highest BCUT2D eigenvalue weighted by molar-refractivity contribution is 6.91. The van der Waals surface area contributed by atoms with Crippen LogP contribution >= 0.6 is 0 Å². The van der Waals surface area contributed by atoms with E-state index in [0.717, 1.165) is 48.5 Å². The zero-order valence-electron chi connectivity index (χ0n) is 8.71. The molecule has 0 heterocycles. The molecule has 0 spiro atoms. The number of hydrogen-bond donors (Lipinski definition) is 0. The first-order chi connectivity index (χ1) is 8.00. The van der Waals surface area contributed by atoms with Crippen molar-refractivity contribution in [1.82, 2.24) is 0 Å². The average Bonchev–Trinajstić information content (AvgIpc) is 2.30. The smallest absolute Gasteiger partial charge is 0.361 e. The fourth-order valence-electron chi connectivity index (χ4n) is 1.60. The molecule has 17 heavy (non-hydrogen) atoms. The first-order valence-electron chi connectivity index (χ1n) is 5.03. The molecule has 0 aliphatic carbocycles. The molecule has 2 rings (SSSR count). The minimum atomic E-state index is -3.97. The van der Waals surface area contributed by atoms with Gasteiger partial charge in [0, 0.05) is 0 Å². The van der Waals surface area contributed by atoms with Crippen molar-refractivity contribution < 1.29 is 17.4 Å². The van der Waals surface area contributed by atoms with Crippen LogP contribution in [0.4, 0.5) is 17.4 Å². The second-order valence-corrected chi connectivity index (χ2v) is 3.77. The molecule has 2 aromatic rings. The molecule has 0 unspecified atom stereocenters. The van der Waals surface area contributed by atoms with Crippen LogP contribution in [0.5, 0.6) is 0 Å². The van der Waals surface area contributed by atoms with Gasteiger partial charge in [0.1, 0.15) is 11.6 Å². The normalized spacial score (nSPS) is 11.5. The Hall–Kier alpha value is -1.78. The maximum absolute atomic E-state index is 14.0. The predicted octanol–water partition coefficient (Wildman–Crippen LogP) is 2.46. The summed E-state index contributed by atoms with van der Waals surface area (Å²) in [5.74, 6) is -1.14. The van der Waals surface area contributed by atoms with Gasteiger partial charge in [-0.3, -0.25) is 0 Å². The van der Waals surface area contributed by atoms with Crippen LogP contribution in [0.2, 0.25) is 0 Å². The average molecular weight is 239 g/mol. The highest BCUT2D eigenvalue weighted by atomic mass is 19.2. The fourth-order valence-corrected chi connectivity index (χ4v) is 1.60. The van der Waals surface area contributed by atoms with Gasteiger partial charge in [-0.15, -0.1) is 10.9 Å². The van der Waals surface area contributed by atoms with E-state index in [1.54, 1.807) is 0 Å². The third-order valence-electron chi connectivity index (χ3n) is 2.58. The van der Waals surface area contributed by atoms with E-state index < -0.39 is 18.3 Å². The van der Waals surface area contributed by atoms with E-state index in [-0.39, 0.29) is 10.9 Å². The molecule has 0 saturated heterocycles. The van der Waals surface area contributed by atoms with Gasteiger partial charge in [-0.25, -0.2) is 8.78 Å². The summed E-state index contributed by atoms with van der Waals surface area (Å²) in [6.45, 7) is -3.97. The quantitative estimate of drug-likeness (QED) is 0.557. The van der Waals surface area contributed by atoms with Gasteiger partial charge in [0.05, 0.1) is 0 Å². The van der Waals surface area contributed by atoms with Crippen LogP contribution in [0, 0.1) is 11.6 Å². The molecule has 0 saturated carbocycles. The van der Waals surface area contributed by atoms with Crippen LogP contribution in [-0.4, -0.2) is 6.70 Å². The zero-order valence-corrected chi connectivity index (χ0v) is 8.71. The van der Waals surface area contributed by atoms with Crippen molar-refractivity contribution in [1.29, 1.82) is 0 Å². The van der Waals surface area contributed by atoms with Gasteiger partial charge in [-0.2, -0.15) is 0 Å². The fraction of sp³-hybridized carbons (Fsp3) is 0. The highest BCUT2D eigenvalue weighted by Crippen LogP contribution is 2.10. The van der Waals surface area contributed by atoms with E-state index in [4.69, 9.17) is 0 Å². The molecule has 0 nitrogen and oxygen atoms in total.